The van der Waals surface area contributed by atoms with Crippen LogP contribution in [0.4, 0.5) is 0 Å². The van der Waals surface area contributed by atoms with Crippen LogP contribution in [0.5, 0.6) is 0 Å². The third kappa shape index (κ3) is 4.59. The second kappa shape index (κ2) is 8.65. The molecule has 3 unspecified atom stereocenters. The summed E-state index contributed by atoms with van der Waals surface area (Å²) in [5.74, 6) is 1.43. The monoisotopic (exact) mass is 379 g/mol. The molecule has 2 aliphatic carbocycles. The first-order valence-electron chi connectivity index (χ1n) is 8.02. The van der Waals surface area contributed by atoms with Gasteiger partial charge < -0.3 is 11.1 Å². The molecule has 2 fully saturated rings. The fourth-order valence-electron chi connectivity index (χ4n) is 3.99. The molecule has 3 rings (SSSR count). The minimum atomic E-state index is -0.00195. The maximum Gasteiger partial charge on any atom is 0.223 e. The first-order chi connectivity index (χ1) is 10.0. The third-order valence-corrected chi connectivity index (χ3v) is 6.01. The van der Waals surface area contributed by atoms with Gasteiger partial charge in [-0.05, 0) is 51.4 Å². The quantitative estimate of drug-likeness (QED) is 0.842. The first-order valence-corrected chi connectivity index (χ1v) is 8.90. The second-order valence-corrected chi connectivity index (χ2v) is 7.78. The lowest BCUT2D eigenvalue weighted by Gasteiger charge is -2.43. The molecule has 3 N–H and O–H groups in total. The van der Waals surface area contributed by atoms with Gasteiger partial charge >= 0.3 is 0 Å². The number of halogens is 2. The number of nitrogens with zero attached hydrogens (tertiary/aromatic N) is 1. The van der Waals surface area contributed by atoms with Gasteiger partial charge in [-0.1, -0.05) is 6.42 Å². The highest BCUT2D eigenvalue weighted by atomic mass is 35.5. The minimum absolute atomic E-state index is 0. The lowest BCUT2D eigenvalue weighted by Crippen LogP contribution is -2.49. The van der Waals surface area contributed by atoms with Crippen LogP contribution in [0, 0.1) is 24.7 Å². The van der Waals surface area contributed by atoms with Gasteiger partial charge in [0.15, 0.2) is 0 Å². The Morgan fingerprint density at radius 1 is 1.35 bits per heavy atom. The van der Waals surface area contributed by atoms with Crippen LogP contribution < -0.4 is 11.1 Å². The summed E-state index contributed by atoms with van der Waals surface area (Å²) in [6.45, 7) is 4.01. The summed E-state index contributed by atoms with van der Waals surface area (Å²) >= 11 is 1.63. The van der Waals surface area contributed by atoms with E-state index in [2.05, 4.69) is 10.3 Å². The lowest BCUT2D eigenvalue weighted by atomic mass is 9.65. The van der Waals surface area contributed by atoms with Crippen LogP contribution in [0.2, 0.25) is 0 Å². The number of hydrogen-bond donors (Lipinski definition) is 2. The molecule has 0 saturated heterocycles. The fraction of sp³-hybridized carbons (Fsp3) is 0.750. The SMILES string of the molecule is Cc1nc(C(C)NC(=O)C2CC3CCCC(C2)C3N)cs1.Cl.Cl. The van der Waals surface area contributed by atoms with E-state index >= 15 is 0 Å². The van der Waals surface area contributed by atoms with Crippen LogP contribution >= 0.6 is 36.2 Å². The van der Waals surface area contributed by atoms with Gasteiger partial charge in [0.2, 0.25) is 5.91 Å². The highest BCUT2D eigenvalue weighted by molar-refractivity contribution is 7.09. The van der Waals surface area contributed by atoms with Crippen molar-refractivity contribution >= 4 is 42.1 Å². The van der Waals surface area contributed by atoms with Gasteiger partial charge in [0, 0.05) is 17.3 Å². The zero-order valence-corrected chi connectivity index (χ0v) is 16.1. The van der Waals surface area contributed by atoms with Crippen molar-refractivity contribution in [1.29, 1.82) is 0 Å². The molecule has 0 spiro atoms. The van der Waals surface area contributed by atoms with Gasteiger partial charge in [0.05, 0.1) is 16.7 Å². The Balaban J connectivity index is 0.00000132. The third-order valence-electron chi connectivity index (χ3n) is 5.22. The smallest absolute Gasteiger partial charge is 0.223 e. The van der Waals surface area contributed by atoms with Crippen LogP contribution in [0.1, 0.15) is 55.8 Å². The van der Waals surface area contributed by atoms with E-state index in [0.29, 0.717) is 17.9 Å². The summed E-state index contributed by atoms with van der Waals surface area (Å²) < 4.78 is 0. The number of rotatable bonds is 3. The molecule has 1 aromatic heterocycles. The molecule has 132 valence electrons. The van der Waals surface area contributed by atoms with Crippen molar-refractivity contribution in [2.75, 3.05) is 0 Å². The van der Waals surface area contributed by atoms with Crippen LogP contribution in [0.15, 0.2) is 5.38 Å². The summed E-state index contributed by atoms with van der Waals surface area (Å²) in [6, 6.07) is 0.319. The predicted molar refractivity (Wildman–Crippen MR) is 99.4 cm³/mol. The van der Waals surface area contributed by atoms with Crippen molar-refractivity contribution in [3.8, 4) is 0 Å². The van der Waals surface area contributed by atoms with Crippen molar-refractivity contribution in [3.05, 3.63) is 16.1 Å². The minimum Gasteiger partial charge on any atom is -0.348 e. The first kappa shape index (κ1) is 20.7. The van der Waals surface area contributed by atoms with Gasteiger partial charge in [0.25, 0.3) is 0 Å². The number of aromatic nitrogens is 1. The average Bonchev–Trinajstić information content (AvgIpc) is 2.85. The van der Waals surface area contributed by atoms with Gasteiger partial charge in [0.1, 0.15) is 0 Å². The molecule has 2 aliphatic rings. The van der Waals surface area contributed by atoms with Gasteiger partial charge in [-0.25, -0.2) is 4.98 Å². The molecular weight excluding hydrogens is 353 g/mol. The Hall–Kier alpha value is -0.360. The largest absolute Gasteiger partial charge is 0.348 e. The molecule has 1 aromatic rings. The Bertz CT molecular complexity index is 511. The molecule has 2 saturated carbocycles. The topological polar surface area (TPSA) is 68.0 Å². The van der Waals surface area contributed by atoms with E-state index in [1.54, 1.807) is 11.3 Å². The van der Waals surface area contributed by atoms with Crippen molar-refractivity contribution < 1.29 is 4.79 Å². The van der Waals surface area contributed by atoms with E-state index in [1.807, 2.05) is 19.2 Å². The van der Waals surface area contributed by atoms with Crippen molar-refractivity contribution in [2.24, 2.45) is 23.5 Å². The Kier molecular flexibility index (Phi) is 7.78. The van der Waals surface area contributed by atoms with Crippen molar-refractivity contribution in [2.45, 2.75) is 58.0 Å². The van der Waals surface area contributed by atoms with Gasteiger partial charge in [-0.3, -0.25) is 4.79 Å². The molecule has 0 aliphatic heterocycles. The van der Waals surface area contributed by atoms with Crippen molar-refractivity contribution in [1.82, 2.24) is 10.3 Å². The van der Waals surface area contributed by atoms with Gasteiger partial charge in [-0.15, -0.1) is 36.2 Å². The van der Waals surface area contributed by atoms with Gasteiger partial charge in [-0.2, -0.15) is 0 Å². The molecule has 3 atom stereocenters. The highest BCUT2D eigenvalue weighted by Gasteiger charge is 2.40. The van der Waals surface area contributed by atoms with Crippen molar-refractivity contribution in [3.63, 3.8) is 0 Å². The number of amides is 1. The summed E-state index contributed by atoms with van der Waals surface area (Å²) in [4.78, 5) is 17.0. The van der Waals surface area contributed by atoms with E-state index in [-0.39, 0.29) is 42.7 Å². The number of nitrogens with one attached hydrogen (secondary N) is 1. The zero-order valence-electron chi connectivity index (χ0n) is 13.7. The molecule has 1 amide bonds. The van der Waals surface area contributed by atoms with E-state index < -0.39 is 0 Å². The normalized spacial score (nSPS) is 30.6. The van der Waals surface area contributed by atoms with E-state index in [1.165, 1.54) is 19.3 Å². The number of carbonyl (C=O) groups excluding carboxylic acids is 1. The summed E-state index contributed by atoms with van der Waals surface area (Å²) in [7, 11) is 0. The number of nitrogens with two attached hydrogens (primary N) is 1. The van der Waals surface area contributed by atoms with Crippen LogP contribution in [-0.4, -0.2) is 16.9 Å². The summed E-state index contributed by atoms with van der Waals surface area (Å²) in [6.07, 6.45) is 5.61. The van der Waals surface area contributed by atoms with E-state index in [9.17, 15) is 4.79 Å². The van der Waals surface area contributed by atoms with Crippen LogP contribution in [0.25, 0.3) is 0 Å². The van der Waals surface area contributed by atoms with E-state index in [0.717, 1.165) is 23.5 Å². The molecule has 4 nitrogen and oxygen atoms in total. The van der Waals surface area contributed by atoms with E-state index in [4.69, 9.17) is 5.73 Å². The maximum absolute atomic E-state index is 12.6. The molecule has 23 heavy (non-hydrogen) atoms. The summed E-state index contributed by atoms with van der Waals surface area (Å²) in [5, 5.41) is 6.23. The number of thiazole rings is 1. The number of aryl methyl sites for hydroxylation is 1. The Morgan fingerprint density at radius 2 is 1.96 bits per heavy atom. The standard InChI is InChI=1S/C16H25N3OS.2ClH/c1-9(14-8-21-10(2)19-14)18-16(20)13-6-11-4-3-5-12(7-13)15(11)17;;/h8-9,11-13,15H,3-7,17H2,1-2H3,(H,18,20);2*1H. The molecule has 0 aromatic carbocycles. The predicted octanol–water partition coefficient (Wildman–Crippen LogP) is 3.63. The summed E-state index contributed by atoms with van der Waals surface area (Å²) in [5.41, 5.74) is 7.27. The molecule has 7 heteroatoms. The highest BCUT2D eigenvalue weighted by Crippen LogP contribution is 2.42. The maximum atomic E-state index is 12.6. The number of hydrogen-bond acceptors (Lipinski definition) is 4. The molecule has 2 bridgehead atoms. The van der Waals surface area contributed by atoms with Crippen LogP contribution in [0.3, 0.4) is 0 Å². The lowest BCUT2D eigenvalue weighted by molar-refractivity contribution is -0.128. The number of carbonyl (C=O) groups is 1. The molecule has 0 radical (unpaired) electrons. The zero-order chi connectivity index (χ0) is 15.0. The number of fused-ring (bicyclic) bond motifs is 2. The molecular formula is C16H27Cl2N3OS. The average molecular weight is 380 g/mol. The van der Waals surface area contributed by atoms with Crippen LogP contribution in [-0.2, 0) is 4.79 Å². The Labute approximate surface area is 154 Å². The Morgan fingerprint density at radius 3 is 2.48 bits per heavy atom. The fourth-order valence-corrected chi connectivity index (χ4v) is 4.69. The second-order valence-electron chi connectivity index (χ2n) is 6.72. The molecule has 1 heterocycles.